The van der Waals surface area contributed by atoms with Crippen molar-refractivity contribution in [1.82, 2.24) is 19.9 Å². The van der Waals surface area contributed by atoms with Crippen LogP contribution in [0.5, 0.6) is 0 Å². The van der Waals surface area contributed by atoms with Gasteiger partial charge in [0, 0.05) is 36.2 Å². The molecule has 4 heterocycles. The summed E-state index contributed by atoms with van der Waals surface area (Å²) in [7, 11) is 0. The number of rotatable bonds is 4. The van der Waals surface area contributed by atoms with Gasteiger partial charge in [-0.15, -0.1) is 0 Å². The molecule has 0 aliphatic rings. The molecule has 1 radical (unpaired) electrons. The van der Waals surface area contributed by atoms with Crippen molar-refractivity contribution in [1.29, 1.82) is 0 Å². The van der Waals surface area contributed by atoms with Crippen LogP contribution in [-0.4, -0.2) is 19.9 Å². The monoisotopic (exact) mass is 353 g/mol. The summed E-state index contributed by atoms with van der Waals surface area (Å²) in [4.78, 5) is 14.5. The molecule has 0 saturated heterocycles. The molecule has 0 amide bonds. The molecule has 1 N–H and O–H groups in total. The van der Waals surface area contributed by atoms with Crippen LogP contribution in [0.3, 0.4) is 0 Å². The van der Waals surface area contributed by atoms with Crippen LogP contribution in [0.1, 0.15) is 22.4 Å². The maximum atomic E-state index is 14.4. The minimum atomic E-state index is -0.637. The van der Waals surface area contributed by atoms with E-state index in [1.54, 1.807) is 18.3 Å². The average Bonchev–Trinajstić information content (AvgIpc) is 2.99. The highest BCUT2D eigenvalue weighted by molar-refractivity contribution is 5.80. The minimum absolute atomic E-state index is 0.242. The van der Waals surface area contributed by atoms with Crippen LogP contribution in [0.4, 0.5) is 13.2 Å². The Labute approximate surface area is 146 Å². The number of pyridine rings is 3. The van der Waals surface area contributed by atoms with Crippen LogP contribution in [0.15, 0.2) is 49.1 Å². The van der Waals surface area contributed by atoms with E-state index in [9.17, 15) is 13.2 Å². The standard InChI is InChI=1S/C19H12F3N4/c20-14-3-11(7-23-9-14)4-16-2-1-12(18(22)26-16)5-13-8-24-19-17(13)6-15(21)10-25-19/h1-4,6-10H,5H2,(H,24,25). The lowest BCUT2D eigenvalue weighted by Gasteiger charge is -2.05. The number of halogens is 3. The quantitative estimate of drug-likeness (QED) is 0.565. The first-order chi connectivity index (χ1) is 12.6. The fraction of sp³-hybridized carbons (Fsp3) is 0.0526. The molecule has 4 nitrogen and oxygen atoms in total. The number of nitrogens with one attached hydrogen (secondary N) is 1. The molecule has 0 saturated carbocycles. The summed E-state index contributed by atoms with van der Waals surface area (Å²) in [6.07, 6.45) is 7.13. The maximum absolute atomic E-state index is 14.4. The molecule has 0 unspecified atom stereocenters. The number of hydrogen-bond donors (Lipinski definition) is 1. The van der Waals surface area contributed by atoms with Crippen molar-refractivity contribution in [2.75, 3.05) is 0 Å². The second kappa shape index (κ2) is 6.59. The Hall–Kier alpha value is -3.22. The Kier molecular flexibility index (Phi) is 4.12. The molecule has 0 fully saturated rings. The Morgan fingerprint density at radius 3 is 2.62 bits per heavy atom. The molecule has 0 aliphatic carbocycles. The third-order valence-electron chi connectivity index (χ3n) is 3.95. The van der Waals surface area contributed by atoms with Crippen LogP contribution in [0.25, 0.3) is 11.0 Å². The lowest BCUT2D eigenvalue weighted by Crippen LogP contribution is -1.99. The van der Waals surface area contributed by atoms with Gasteiger partial charge in [-0.1, -0.05) is 6.07 Å². The van der Waals surface area contributed by atoms with E-state index in [0.29, 0.717) is 27.9 Å². The normalized spacial score (nSPS) is 11.2. The molecule has 0 spiro atoms. The van der Waals surface area contributed by atoms with Gasteiger partial charge >= 0.3 is 0 Å². The number of aromatic amines is 1. The van der Waals surface area contributed by atoms with Crippen molar-refractivity contribution in [2.45, 2.75) is 6.42 Å². The predicted octanol–water partition coefficient (Wildman–Crippen LogP) is 3.96. The zero-order chi connectivity index (χ0) is 18.1. The van der Waals surface area contributed by atoms with E-state index in [-0.39, 0.29) is 6.42 Å². The van der Waals surface area contributed by atoms with Crippen molar-refractivity contribution in [3.63, 3.8) is 0 Å². The maximum Gasteiger partial charge on any atom is 0.216 e. The molecule has 4 rings (SSSR count). The number of nitrogens with zero attached hydrogens (tertiary/aromatic N) is 3. The SMILES string of the molecule is Fc1cncc([CH]c2ccc(Cc3c[nH]c4ncc(F)cc34)c(F)n2)c1. The molecule has 0 atom stereocenters. The Morgan fingerprint density at radius 2 is 1.81 bits per heavy atom. The van der Waals surface area contributed by atoms with E-state index in [2.05, 4.69) is 19.9 Å². The first-order valence-corrected chi connectivity index (χ1v) is 7.81. The van der Waals surface area contributed by atoms with Gasteiger partial charge in [0.15, 0.2) is 0 Å². The fourth-order valence-electron chi connectivity index (χ4n) is 2.75. The Morgan fingerprint density at radius 1 is 0.962 bits per heavy atom. The summed E-state index contributed by atoms with van der Waals surface area (Å²) in [6.45, 7) is 0. The zero-order valence-corrected chi connectivity index (χ0v) is 13.4. The summed E-state index contributed by atoms with van der Waals surface area (Å²) in [5.41, 5.74) is 2.47. The molecule has 26 heavy (non-hydrogen) atoms. The third kappa shape index (κ3) is 3.28. The molecular formula is C19H12F3N4. The van der Waals surface area contributed by atoms with E-state index >= 15 is 0 Å². The third-order valence-corrected chi connectivity index (χ3v) is 3.95. The topological polar surface area (TPSA) is 54.5 Å². The molecule has 4 aromatic rings. The molecule has 7 heteroatoms. The van der Waals surface area contributed by atoms with Gasteiger partial charge in [0.05, 0.1) is 18.1 Å². The number of hydrogen-bond acceptors (Lipinski definition) is 3. The lowest BCUT2D eigenvalue weighted by molar-refractivity contribution is 0.567. The summed E-state index contributed by atoms with van der Waals surface area (Å²) in [6, 6.07) is 5.88. The van der Waals surface area contributed by atoms with E-state index in [0.717, 1.165) is 18.0 Å². The summed E-state index contributed by atoms with van der Waals surface area (Å²) in [5.74, 6) is -1.57. The lowest BCUT2D eigenvalue weighted by atomic mass is 10.0. The molecular weight excluding hydrogens is 341 g/mol. The van der Waals surface area contributed by atoms with Gasteiger partial charge in [-0.05, 0) is 29.3 Å². The fourth-order valence-corrected chi connectivity index (χ4v) is 2.75. The van der Waals surface area contributed by atoms with Crippen LogP contribution >= 0.6 is 0 Å². The van der Waals surface area contributed by atoms with Crippen molar-refractivity contribution in [3.05, 3.63) is 95.4 Å². The summed E-state index contributed by atoms with van der Waals surface area (Å²) < 4.78 is 41.0. The van der Waals surface area contributed by atoms with Crippen molar-refractivity contribution >= 4 is 11.0 Å². The Balaban J connectivity index is 1.58. The van der Waals surface area contributed by atoms with Gasteiger partial charge in [0.2, 0.25) is 5.95 Å². The molecule has 0 aromatic carbocycles. The first-order valence-electron chi connectivity index (χ1n) is 7.81. The van der Waals surface area contributed by atoms with Crippen LogP contribution in [-0.2, 0) is 6.42 Å². The van der Waals surface area contributed by atoms with Gasteiger partial charge in [-0.25, -0.2) is 18.7 Å². The van der Waals surface area contributed by atoms with E-state index in [1.165, 1.54) is 24.8 Å². The van der Waals surface area contributed by atoms with Gasteiger partial charge in [-0.2, -0.15) is 4.39 Å². The summed E-state index contributed by atoms with van der Waals surface area (Å²) >= 11 is 0. The second-order valence-electron chi connectivity index (χ2n) is 5.81. The van der Waals surface area contributed by atoms with Crippen molar-refractivity contribution in [2.24, 2.45) is 0 Å². The van der Waals surface area contributed by atoms with Crippen LogP contribution in [0, 0.1) is 24.0 Å². The number of aromatic nitrogens is 4. The number of fused-ring (bicyclic) bond motifs is 1. The predicted molar refractivity (Wildman–Crippen MR) is 89.8 cm³/mol. The van der Waals surface area contributed by atoms with Crippen molar-refractivity contribution < 1.29 is 13.2 Å². The molecule has 129 valence electrons. The van der Waals surface area contributed by atoms with Crippen LogP contribution < -0.4 is 0 Å². The highest BCUT2D eigenvalue weighted by atomic mass is 19.1. The van der Waals surface area contributed by atoms with E-state index in [4.69, 9.17) is 0 Å². The van der Waals surface area contributed by atoms with Gasteiger partial charge in [0.25, 0.3) is 0 Å². The molecule has 0 bridgehead atoms. The second-order valence-corrected chi connectivity index (χ2v) is 5.81. The first kappa shape index (κ1) is 16.3. The minimum Gasteiger partial charge on any atom is -0.346 e. The highest BCUT2D eigenvalue weighted by Gasteiger charge is 2.12. The molecule has 0 aliphatic heterocycles. The van der Waals surface area contributed by atoms with Gasteiger partial charge < -0.3 is 4.98 Å². The van der Waals surface area contributed by atoms with E-state index < -0.39 is 17.6 Å². The molecule has 4 aromatic heterocycles. The van der Waals surface area contributed by atoms with E-state index in [1.807, 2.05) is 0 Å². The smallest absolute Gasteiger partial charge is 0.216 e. The average molecular weight is 353 g/mol. The Bertz CT molecular complexity index is 1090. The zero-order valence-electron chi connectivity index (χ0n) is 13.4. The number of H-pyrrole nitrogens is 1. The summed E-state index contributed by atoms with van der Waals surface area (Å²) in [5, 5.41) is 0.603. The van der Waals surface area contributed by atoms with Gasteiger partial charge in [-0.3, -0.25) is 4.98 Å². The van der Waals surface area contributed by atoms with Gasteiger partial charge in [0.1, 0.15) is 17.3 Å². The van der Waals surface area contributed by atoms with Crippen molar-refractivity contribution in [3.8, 4) is 0 Å². The largest absolute Gasteiger partial charge is 0.346 e. The highest BCUT2D eigenvalue weighted by Crippen LogP contribution is 2.22. The van der Waals surface area contributed by atoms with Crippen LogP contribution in [0.2, 0.25) is 0 Å².